The van der Waals surface area contributed by atoms with Crippen LogP contribution in [0.2, 0.25) is 0 Å². The highest BCUT2D eigenvalue weighted by Crippen LogP contribution is 2.39. The molecular weight excluding hydrogens is 623 g/mol. The minimum atomic E-state index is 0.603. The molecule has 0 fully saturated rings. The summed E-state index contributed by atoms with van der Waals surface area (Å²) in [4.78, 5) is 19.6. The molecule has 6 aromatic carbocycles. The Hall–Kier alpha value is -6.72. The van der Waals surface area contributed by atoms with Gasteiger partial charge in [0.2, 0.25) is 0 Å². The predicted octanol–water partition coefficient (Wildman–Crippen LogP) is 11.3. The van der Waals surface area contributed by atoms with Crippen molar-refractivity contribution in [2.75, 3.05) is 0 Å². The molecule has 0 N–H and O–H groups in total. The Kier molecular flexibility index (Phi) is 7.51. The maximum absolute atomic E-state index is 5.19. The Morgan fingerprint density at radius 3 is 1.65 bits per heavy atom. The van der Waals surface area contributed by atoms with E-state index >= 15 is 0 Å². The van der Waals surface area contributed by atoms with Gasteiger partial charge in [-0.05, 0) is 78.6 Å². The van der Waals surface area contributed by atoms with Crippen LogP contribution >= 0.6 is 0 Å². The van der Waals surface area contributed by atoms with E-state index in [0.717, 1.165) is 44.5 Å². The lowest BCUT2D eigenvalue weighted by atomic mass is 9.99. The molecule has 0 atom stereocenters. The van der Waals surface area contributed by atoms with Gasteiger partial charge in [0.25, 0.3) is 0 Å². The van der Waals surface area contributed by atoms with Crippen molar-refractivity contribution in [1.29, 1.82) is 0 Å². The zero-order valence-corrected chi connectivity index (χ0v) is 28.3. The highest BCUT2D eigenvalue weighted by atomic mass is 15.1. The average molecular weight is 656 g/mol. The smallest absolute Gasteiger partial charge is 0.166 e. The van der Waals surface area contributed by atoms with Gasteiger partial charge in [0.1, 0.15) is 0 Å². The summed E-state index contributed by atoms with van der Waals surface area (Å²) in [6.07, 6.45) is 3.65. The Balaban J connectivity index is 1.33. The largest absolute Gasteiger partial charge is 0.309 e. The molecule has 0 aliphatic heterocycles. The summed E-state index contributed by atoms with van der Waals surface area (Å²) in [5.74, 6) is 1.85. The first kappa shape index (κ1) is 30.3. The van der Waals surface area contributed by atoms with Gasteiger partial charge >= 0.3 is 0 Å². The third-order valence-corrected chi connectivity index (χ3v) is 9.42. The van der Waals surface area contributed by atoms with Crippen LogP contribution in [0.4, 0.5) is 0 Å². The van der Waals surface area contributed by atoms with E-state index in [9.17, 15) is 0 Å². The number of benzene rings is 6. The molecule has 0 amide bonds. The predicted molar refractivity (Wildman–Crippen MR) is 209 cm³/mol. The lowest BCUT2D eigenvalue weighted by molar-refractivity contribution is 1.06. The highest BCUT2D eigenvalue weighted by Gasteiger charge is 2.20. The summed E-state index contributed by atoms with van der Waals surface area (Å²) in [5.41, 5.74) is 13.0. The van der Waals surface area contributed by atoms with Crippen molar-refractivity contribution >= 4 is 21.8 Å². The quantitative estimate of drug-likeness (QED) is 0.179. The van der Waals surface area contributed by atoms with E-state index in [4.69, 9.17) is 15.0 Å². The standard InChI is InChI=1S/C46H33N5/c1-30-25-31(2)27-37(26-30)36-18-19-42-39(28-36)38-15-9-10-16-41(38)51(42)43-20-17-35(32-21-23-47-24-22-32)29-40(43)46-49-44(33-11-5-3-6-12-33)48-45(50-46)34-13-7-4-8-14-34/h3-29H,1-2H3. The minimum absolute atomic E-state index is 0.603. The van der Waals surface area contributed by atoms with Gasteiger partial charge in [0.15, 0.2) is 17.5 Å². The van der Waals surface area contributed by atoms with Gasteiger partial charge in [-0.3, -0.25) is 4.98 Å². The molecule has 3 heterocycles. The van der Waals surface area contributed by atoms with E-state index in [1.54, 1.807) is 0 Å². The fourth-order valence-corrected chi connectivity index (χ4v) is 7.12. The number of rotatable bonds is 6. The van der Waals surface area contributed by atoms with Crippen molar-refractivity contribution < 1.29 is 0 Å². The molecule has 0 saturated carbocycles. The number of nitrogens with zero attached hydrogens (tertiary/aromatic N) is 5. The Morgan fingerprint density at radius 1 is 0.392 bits per heavy atom. The summed E-state index contributed by atoms with van der Waals surface area (Å²) < 4.78 is 2.36. The van der Waals surface area contributed by atoms with Crippen LogP contribution in [-0.4, -0.2) is 24.5 Å². The Morgan fingerprint density at radius 2 is 0.961 bits per heavy atom. The maximum Gasteiger partial charge on any atom is 0.166 e. The first-order valence-electron chi connectivity index (χ1n) is 17.1. The lowest BCUT2D eigenvalue weighted by Gasteiger charge is -2.16. The molecule has 0 aliphatic carbocycles. The van der Waals surface area contributed by atoms with Gasteiger partial charge in [0, 0.05) is 39.9 Å². The highest BCUT2D eigenvalue weighted by molar-refractivity contribution is 6.11. The second-order valence-corrected chi connectivity index (χ2v) is 13.0. The monoisotopic (exact) mass is 655 g/mol. The minimum Gasteiger partial charge on any atom is -0.309 e. The molecular formula is C46H33N5. The van der Waals surface area contributed by atoms with Gasteiger partial charge < -0.3 is 4.57 Å². The van der Waals surface area contributed by atoms with Crippen molar-refractivity contribution in [3.63, 3.8) is 0 Å². The summed E-state index contributed by atoms with van der Waals surface area (Å²) >= 11 is 0. The van der Waals surface area contributed by atoms with Crippen LogP contribution in [0.1, 0.15) is 11.1 Å². The third kappa shape index (κ3) is 5.65. The molecule has 5 nitrogen and oxygen atoms in total. The molecule has 0 aliphatic rings. The number of hydrogen-bond acceptors (Lipinski definition) is 4. The molecule has 3 aromatic heterocycles. The molecule has 0 unspecified atom stereocenters. The van der Waals surface area contributed by atoms with E-state index in [-0.39, 0.29) is 0 Å². The Bertz CT molecular complexity index is 2620. The van der Waals surface area contributed by atoms with Crippen LogP contribution in [0, 0.1) is 13.8 Å². The zero-order valence-electron chi connectivity index (χ0n) is 28.3. The van der Waals surface area contributed by atoms with Crippen LogP contribution in [0.3, 0.4) is 0 Å². The first-order valence-corrected chi connectivity index (χ1v) is 17.1. The van der Waals surface area contributed by atoms with Crippen LogP contribution in [-0.2, 0) is 0 Å². The van der Waals surface area contributed by atoms with Crippen LogP contribution in [0.25, 0.3) is 83.9 Å². The Labute approximate surface area is 296 Å². The number of aryl methyl sites for hydroxylation is 2. The van der Waals surface area contributed by atoms with Gasteiger partial charge in [-0.25, -0.2) is 15.0 Å². The van der Waals surface area contributed by atoms with E-state index in [1.165, 1.54) is 33.0 Å². The molecule has 242 valence electrons. The third-order valence-electron chi connectivity index (χ3n) is 9.42. The molecule has 9 rings (SSSR count). The second-order valence-electron chi connectivity index (χ2n) is 13.0. The molecule has 0 saturated heterocycles. The van der Waals surface area contributed by atoms with E-state index in [1.807, 2.05) is 85.2 Å². The fourth-order valence-electron chi connectivity index (χ4n) is 7.12. The SMILES string of the molecule is Cc1cc(C)cc(-c2ccc3c(c2)c2ccccc2n3-c2ccc(-c3ccncc3)cc2-c2nc(-c3ccccc3)nc(-c3ccccc3)n2)c1. The van der Waals surface area contributed by atoms with E-state index in [2.05, 4.69) is 102 Å². The summed E-state index contributed by atoms with van der Waals surface area (Å²) in [6, 6.07) is 53.1. The molecule has 0 bridgehead atoms. The zero-order chi connectivity index (χ0) is 34.3. The van der Waals surface area contributed by atoms with Crippen molar-refractivity contribution in [2.24, 2.45) is 0 Å². The normalized spacial score (nSPS) is 11.3. The fraction of sp³-hybridized carbons (Fsp3) is 0.0435. The van der Waals surface area contributed by atoms with Crippen molar-refractivity contribution in [3.05, 3.63) is 175 Å². The van der Waals surface area contributed by atoms with Crippen LogP contribution in [0.5, 0.6) is 0 Å². The van der Waals surface area contributed by atoms with Gasteiger partial charge in [0.05, 0.1) is 16.7 Å². The summed E-state index contributed by atoms with van der Waals surface area (Å²) in [6.45, 7) is 4.32. The summed E-state index contributed by atoms with van der Waals surface area (Å²) in [7, 11) is 0. The van der Waals surface area contributed by atoms with Crippen molar-refractivity contribution in [3.8, 4) is 62.1 Å². The van der Waals surface area contributed by atoms with E-state index < -0.39 is 0 Å². The summed E-state index contributed by atoms with van der Waals surface area (Å²) in [5, 5.41) is 2.38. The molecule has 0 radical (unpaired) electrons. The number of aromatic nitrogens is 5. The topological polar surface area (TPSA) is 56.5 Å². The first-order chi connectivity index (χ1) is 25.1. The van der Waals surface area contributed by atoms with Crippen LogP contribution in [0.15, 0.2) is 164 Å². The maximum atomic E-state index is 5.19. The van der Waals surface area contributed by atoms with Gasteiger partial charge in [-0.2, -0.15) is 0 Å². The second kappa shape index (κ2) is 12.6. The lowest BCUT2D eigenvalue weighted by Crippen LogP contribution is -2.04. The molecule has 9 aromatic rings. The van der Waals surface area contributed by atoms with Gasteiger partial charge in [-0.15, -0.1) is 0 Å². The molecule has 51 heavy (non-hydrogen) atoms. The number of hydrogen-bond donors (Lipinski definition) is 0. The number of pyridine rings is 1. The number of fused-ring (bicyclic) bond motifs is 3. The molecule has 0 spiro atoms. The van der Waals surface area contributed by atoms with E-state index in [0.29, 0.717) is 17.5 Å². The van der Waals surface area contributed by atoms with Crippen molar-refractivity contribution in [1.82, 2.24) is 24.5 Å². The average Bonchev–Trinajstić information content (AvgIpc) is 3.51. The van der Waals surface area contributed by atoms with Gasteiger partial charge in [-0.1, -0.05) is 120 Å². The number of para-hydroxylation sites is 1. The van der Waals surface area contributed by atoms with Crippen molar-refractivity contribution in [2.45, 2.75) is 13.8 Å². The van der Waals surface area contributed by atoms with Crippen LogP contribution < -0.4 is 0 Å². The molecule has 5 heteroatoms.